The van der Waals surface area contributed by atoms with Crippen molar-refractivity contribution in [2.45, 2.75) is 19.3 Å². The molecule has 2 aromatic rings. The maximum absolute atomic E-state index is 12.5. The molecule has 0 aliphatic carbocycles. The van der Waals surface area contributed by atoms with E-state index in [9.17, 15) is 4.79 Å². The maximum Gasteiger partial charge on any atom is 0.234 e. The van der Waals surface area contributed by atoms with Crippen LogP contribution in [0.2, 0.25) is 5.02 Å². The van der Waals surface area contributed by atoms with E-state index in [0.717, 1.165) is 5.56 Å². The molecule has 0 aromatic heterocycles. The van der Waals surface area contributed by atoms with E-state index >= 15 is 0 Å². The van der Waals surface area contributed by atoms with Crippen molar-refractivity contribution in [2.75, 3.05) is 11.1 Å². The first-order valence-electron chi connectivity index (χ1n) is 6.33. The van der Waals surface area contributed by atoms with Crippen LogP contribution in [0.25, 0.3) is 0 Å². The maximum atomic E-state index is 12.5. The van der Waals surface area contributed by atoms with Crippen LogP contribution in [0.3, 0.4) is 0 Å². The number of nitrogens with two attached hydrogens (primary N) is 1. The summed E-state index contributed by atoms with van der Waals surface area (Å²) in [6.07, 6.45) is 0. The second-order valence-corrected chi connectivity index (χ2v) is 5.59. The van der Waals surface area contributed by atoms with Gasteiger partial charge >= 0.3 is 0 Å². The lowest BCUT2D eigenvalue weighted by Gasteiger charge is -2.24. The molecule has 0 saturated heterocycles. The lowest BCUT2D eigenvalue weighted by Crippen LogP contribution is -2.34. The van der Waals surface area contributed by atoms with Crippen molar-refractivity contribution in [3.63, 3.8) is 0 Å². The average molecular weight is 289 g/mol. The Morgan fingerprint density at radius 3 is 2.45 bits per heavy atom. The summed E-state index contributed by atoms with van der Waals surface area (Å²) in [7, 11) is 0. The van der Waals surface area contributed by atoms with Gasteiger partial charge in [0, 0.05) is 5.69 Å². The number of nitrogens with one attached hydrogen (secondary N) is 1. The quantitative estimate of drug-likeness (QED) is 0.843. The van der Waals surface area contributed by atoms with Crippen molar-refractivity contribution < 1.29 is 4.79 Å². The monoisotopic (exact) mass is 288 g/mol. The van der Waals surface area contributed by atoms with E-state index < -0.39 is 5.41 Å². The molecule has 0 bridgehead atoms. The van der Waals surface area contributed by atoms with Crippen molar-refractivity contribution in [1.82, 2.24) is 0 Å². The third-order valence-electron chi connectivity index (χ3n) is 3.30. The Labute approximate surface area is 123 Å². The van der Waals surface area contributed by atoms with Gasteiger partial charge in [0.1, 0.15) is 0 Å². The van der Waals surface area contributed by atoms with Gasteiger partial charge in [-0.2, -0.15) is 0 Å². The first-order valence-corrected chi connectivity index (χ1v) is 6.71. The van der Waals surface area contributed by atoms with Crippen LogP contribution in [0, 0.1) is 0 Å². The van der Waals surface area contributed by atoms with E-state index in [4.69, 9.17) is 17.3 Å². The fourth-order valence-electron chi connectivity index (χ4n) is 1.90. The molecular weight excluding hydrogens is 272 g/mol. The predicted octanol–water partition coefficient (Wildman–Crippen LogP) is 3.84. The Morgan fingerprint density at radius 1 is 1.15 bits per heavy atom. The van der Waals surface area contributed by atoms with E-state index in [1.54, 1.807) is 18.2 Å². The van der Waals surface area contributed by atoms with Gasteiger partial charge in [-0.3, -0.25) is 4.79 Å². The molecule has 2 rings (SSSR count). The molecule has 0 unspecified atom stereocenters. The van der Waals surface area contributed by atoms with Crippen molar-refractivity contribution in [3.05, 3.63) is 59.1 Å². The van der Waals surface area contributed by atoms with Crippen LogP contribution in [0.5, 0.6) is 0 Å². The highest BCUT2D eigenvalue weighted by Crippen LogP contribution is 2.28. The molecule has 0 atom stereocenters. The number of hydrogen-bond acceptors (Lipinski definition) is 2. The Bertz CT molecular complexity index is 624. The summed E-state index contributed by atoms with van der Waals surface area (Å²) in [5.41, 5.74) is 7.08. The van der Waals surface area contributed by atoms with Gasteiger partial charge in [0.2, 0.25) is 5.91 Å². The molecule has 2 aromatic carbocycles. The zero-order valence-corrected chi connectivity index (χ0v) is 12.2. The molecule has 0 aliphatic heterocycles. The van der Waals surface area contributed by atoms with Gasteiger partial charge in [0.05, 0.1) is 16.1 Å². The van der Waals surface area contributed by atoms with Gasteiger partial charge in [-0.25, -0.2) is 0 Å². The topological polar surface area (TPSA) is 55.1 Å². The van der Waals surface area contributed by atoms with E-state index in [-0.39, 0.29) is 5.91 Å². The summed E-state index contributed by atoms with van der Waals surface area (Å²) in [5.74, 6) is -0.129. The minimum atomic E-state index is -0.658. The number of amides is 1. The second-order valence-electron chi connectivity index (χ2n) is 5.18. The number of rotatable bonds is 3. The number of hydrogen-bond donors (Lipinski definition) is 2. The molecule has 104 valence electrons. The minimum absolute atomic E-state index is 0.129. The van der Waals surface area contributed by atoms with Crippen molar-refractivity contribution in [1.29, 1.82) is 0 Å². The summed E-state index contributed by atoms with van der Waals surface area (Å²) in [5, 5.41) is 3.31. The molecule has 1 amide bonds. The van der Waals surface area contributed by atoms with Gasteiger partial charge < -0.3 is 11.1 Å². The number of nitrogen functional groups attached to an aromatic ring is 1. The Kier molecular flexibility index (Phi) is 4.00. The van der Waals surface area contributed by atoms with Crippen LogP contribution in [0.4, 0.5) is 11.4 Å². The first kappa shape index (κ1) is 14.4. The summed E-state index contributed by atoms with van der Waals surface area (Å²) in [6, 6.07) is 14.6. The number of anilines is 2. The fraction of sp³-hybridized carbons (Fsp3) is 0.188. The number of carbonyl (C=O) groups excluding carboxylic acids is 1. The standard InChI is InChI=1S/C16H17ClN2O/c1-16(2,11-6-4-3-5-7-11)15(20)19-14-10-12(18)8-9-13(14)17/h3-10H,18H2,1-2H3,(H,19,20). The average Bonchev–Trinajstić information content (AvgIpc) is 2.43. The zero-order chi connectivity index (χ0) is 14.8. The summed E-state index contributed by atoms with van der Waals surface area (Å²) >= 11 is 6.07. The number of carbonyl (C=O) groups is 1. The minimum Gasteiger partial charge on any atom is -0.399 e. The van der Waals surface area contributed by atoms with Crippen LogP contribution >= 0.6 is 11.6 Å². The highest BCUT2D eigenvalue weighted by molar-refractivity contribution is 6.33. The zero-order valence-electron chi connectivity index (χ0n) is 11.5. The summed E-state index contributed by atoms with van der Waals surface area (Å²) in [4.78, 5) is 12.5. The third kappa shape index (κ3) is 2.94. The normalized spacial score (nSPS) is 11.2. The van der Waals surface area contributed by atoms with Crippen molar-refractivity contribution in [3.8, 4) is 0 Å². The molecule has 0 aliphatic rings. The fourth-order valence-corrected chi connectivity index (χ4v) is 2.07. The van der Waals surface area contributed by atoms with E-state index in [2.05, 4.69) is 5.32 Å². The molecule has 0 fully saturated rings. The van der Waals surface area contributed by atoms with Crippen LogP contribution in [-0.2, 0) is 10.2 Å². The molecule has 0 spiro atoms. The van der Waals surface area contributed by atoms with Crippen LogP contribution in [-0.4, -0.2) is 5.91 Å². The smallest absolute Gasteiger partial charge is 0.234 e. The number of benzene rings is 2. The molecule has 0 radical (unpaired) electrons. The van der Waals surface area contributed by atoms with Crippen molar-refractivity contribution >= 4 is 28.9 Å². The Morgan fingerprint density at radius 2 is 1.80 bits per heavy atom. The Hall–Kier alpha value is -2.00. The predicted molar refractivity (Wildman–Crippen MR) is 84.0 cm³/mol. The lowest BCUT2D eigenvalue weighted by molar-refractivity contribution is -0.120. The van der Waals surface area contributed by atoms with Gasteiger partial charge in [0.25, 0.3) is 0 Å². The molecule has 3 nitrogen and oxygen atoms in total. The van der Waals surface area contributed by atoms with Gasteiger partial charge in [-0.1, -0.05) is 41.9 Å². The van der Waals surface area contributed by atoms with Crippen LogP contribution < -0.4 is 11.1 Å². The Balaban J connectivity index is 2.26. The first-order chi connectivity index (χ1) is 9.41. The lowest BCUT2D eigenvalue weighted by atomic mass is 9.83. The van der Waals surface area contributed by atoms with Gasteiger partial charge in [-0.05, 0) is 37.6 Å². The van der Waals surface area contributed by atoms with Gasteiger partial charge in [0.15, 0.2) is 0 Å². The highest BCUT2D eigenvalue weighted by atomic mass is 35.5. The molecule has 20 heavy (non-hydrogen) atoms. The molecular formula is C16H17ClN2O. The molecule has 0 heterocycles. The molecule has 0 saturated carbocycles. The largest absolute Gasteiger partial charge is 0.399 e. The van der Waals surface area contributed by atoms with Crippen molar-refractivity contribution in [2.24, 2.45) is 0 Å². The van der Waals surface area contributed by atoms with Gasteiger partial charge in [-0.15, -0.1) is 0 Å². The molecule has 4 heteroatoms. The summed E-state index contributed by atoms with van der Waals surface area (Å²) < 4.78 is 0. The second kappa shape index (κ2) is 5.55. The highest BCUT2D eigenvalue weighted by Gasteiger charge is 2.29. The van der Waals surface area contributed by atoms with Crippen LogP contribution in [0.15, 0.2) is 48.5 Å². The SMILES string of the molecule is CC(C)(C(=O)Nc1cc(N)ccc1Cl)c1ccccc1. The third-order valence-corrected chi connectivity index (χ3v) is 3.63. The van der Waals surface area contributed by atoms with E-state index in [0.29, 0.717) is 16.4 Å². The van der Waals surface area contributed by atoms with E-state index in [1.165, 1.54) is 0 Å². The van der Waals surface area contributed by atoms with Crippen LogP contribution in [0.1, 0.15) is 19.4 Å². The number of halogens is 1. The molecule has 3 N–H and O–H groups in total. The van der Waals surface area contributed by atoms with E-state index in [1.807, 2.05) is 44.2 Å². The summed E-state index contributed by atoms with van der Waals surface area (Å²) in [6.45, 7) is 3.75.